The number of nitriles is 1. The van der Waals surface area contributed by atoms with Crippen molar-refractivity contribution in [3.8, 4) is 11.8 Å². The number of aromatic hydroxyl groups is 1. The third-order valence-electron chi connectivity index (χ3n) is 1.54. The van der Waals surface area contributed by atoms with Crippen LogP contribution in [0.5, 0.6) is 5.75 Å². The van der Waals surface area contributed by atoms with Crippen LogP contribution in [-0.2, 0) is 6.42 Å². The number of aryl methyl sites for hydroxylation is 1. The van der Waals surface area contributed by atoms with E-state index in [4.69, 9.17) is 22.0 Å². The van der Waals surface area contributed by atoms with E-state index in [9.17, 15) is 0 Å². The Balaban J connectivity index is 2.81. The highest BCUT2D eigenvalue weighted by Crippen LogP contribution is 2.22. The first kappa shape index (κ1) is 8.89. The molecule has 0 fully saturated rings. The number of phenolic OH excluding ortho intramolecular Hbond substituents is 1. The van der Waals surface area contributed by atoms with E-state index in [1.807, 2.05) is 6.07 Å². The van der Waals surface area contributed by atoms with Gasteiger partial charge in [0, 0.05) is 11.4 Å². The van der Waals surface area contributed by atoms with Crippen molar-refractivity contribution in [3.63, 3.8) is 0 Å². The predicted octanol–water partition coefficient (Wildman–Crippen LogP) is 2.50. The standard InChI is InChI=1S/C9H8ClNO/c10-9-6-8(12)4-3-7(9)2-1-5-11/h3-4,6,12H,1-2H2. The zero-order valence-corrected chi connectivity index (χ0v) is 7.17. The van der Waals surface area contributed by atoms with Crippen molar-refractivity contribution in [2.75, 3.05) is 0 Å². The molecule has 2 nitrogen and oxygen atoms in total. The zero-order chi connectivity index (χ0) is 8.97. The third-order valence-corrected chi connectivity index (χ3v) is 1.89. The van der Waals surface area contributed by atoms with E-state index in [0.717, 1.165) is 5.56 Å². The summed E-state index contributed by atoms with van der Waals surface area (Å²) >= 11 is 5.80. The Morgan fingerprint density at radius 2 is 2.25 bits per heavy atom. The lowest BCUT2D eigenvalue weighted by atomic mass is 10.1. The van der Waals surface area contributed by atoms with Crippen LogP contribution >= 0.6 is 11.6 Å². The van der Waals surface area contributed by atoms with Gasteiger partial charge in [0.2, 0.25) is 0 Å². The molecule has 0 aromatic heterocycles. The number of halogens is 1. The lowest BCUT2D eigenvalue weighted by Crippen LogP contribution is -1.84. The highest BCUT2D eigenvalue weighted by atomic mass is 35.5. The minimum Gasteiger partial charge on any atom is -0.508 e. The molecule has 1 N–H and O–H groups in total. The SMILES string of the molecule is N#CCCc1ccc(O)cc1Cl. The number of phenols is 1. The van der Waals surface area contributed by atoms with Gasteiger partial charge in [0.25, 0.3) is 0 Å². The highest BCUT2D eigenvalue weighted by Gasteiger charge is 2.00. The minimum absolute atomic E-state index is 0.153. The summed E-state index contributed by atoms with van der Waals surface area (Å²) in [6.45, 7) is 0. The third kappa shape index (κ3) is 2.14. The van der Waals surface area contributed by atoms with Gasteiger partial charge in [-0.3, -0.25) is 0 Å². The van der Waals surface area contributed by atoms with Crippen LogP contribution in [0.25, 0.3) is 0 Å². The van der Waals surface area contributed by atoms with Gasteiger partial charge < -0.3 is 5.11 Å². The zero-order valence-electron chi connectivity index (χ0n) is 6.42. The Kier molecular flexibility index (Phi) is 2.95. The first-order valence-electron chi connectivity index (χ1n) is 3.58. The summed E-state index contributed by atoms with van der Waals surface area (Å²) in [5, 5.41) is 17.9. The molecule has 62 valence electrons. The van der Waals surface area contributed by atoms with Crippen LogP contribution in [0.2, 0.25) is 5.02 Å². The van der Waals surface area contributed by atoms with E-state index in [1.165, 1.54) is 6.07 Å². The second kappa shape index (κ2) is 3.99. The van der Waals surface area contributed by atoms with Gasteiger partial charge >= 0.3 is 0 Å². The molecule has 0 atom stereocenters. The Morgan fingerprint density at radius 1 is 1.50 bits per heavy atom. The van der Waals surface area contributed by atoms with E-state index in [1.54, 1.807) is 12.1 Å². The van der Waals surface area contributed by atoms with Crippen molar-refractivity contribution in [1.82, 2.24) is 0 Å². The molecule has 0 saturated carbocycles. The number of benzene rings is 1. The molecule has 1 aromatic rings. The molecule has 0 aliphatic heterocycles. The number of rotatable bonds is 2. The fourth-order valence-electron chi connectivity index (χ4n) is 0.930. The molecule has 1 aromatic carbocycles. The number of hydrogen-bond acceptors (Lipinski definition) is 2. The summed E-state index contributed by atoms with van der Waals surface area (Å²) in [7, 11) is 0. The quantitative estimate of drug-likeness (QED) is 0.762. The first-order valence-corrected chi connectivity index (χ1v) is 3.96. The van der Waals surface area contributed by atoms with Gasteiger partial charge in [0.05, 0.1) is 6.07 Å². The molecule has 0 heterocycles. The van der Waals surface area contributed by atoms with Gasteiger partial charge in [0.15, 0.2) is 0 Å². The van der Waals surface area contributed by atoms with Crippen LogP contribution in [-0.4, -0.2) is 5.11 Å². The molecule has 0 radical (unpaired) electrons. The van der Waals surface area contributed by atoms with Gasteiger partial charge in [-0.25, -0.2) is 0 Å². The van der Waals surface area contributed by atoms with Gasteiger partial charge in [-0.2, -0.15) is 5.26 Å². The fourth-order valence-corrected chi connectivity index (χ4v) is 1.20. The van der Waals surface area contributed by atoms with Crippen molar-refractivity contribution >= 4 is 11.6 Å². The van der Waals surface area contributed by atoms with E-state index in [-0.39, 0.29) is 5.75 Å². The summed E-state index contributed by atoms with van der Waals surface area (Å²) in [4.78, 5) is 0. The molecule has 1 rings (SSSR count). The maximum absolute atomic E-state index is 9.01. The van der Waals surface area contributed by atoms with E-state index < -0.39 is 0 Å². The van der Waals surface area contributed by atoms with E-state index in [2.05, 4.69) is 0 Å². The molecule has 0 aliphatic carbocycles. The van der Waals surface area contributed by atoms with Crippen LogP contribution in [0.4, 0.5) is 0 Å². The van der Waals surface area contributed by atoms with Crippen LogP contribution in [0.3, 0.4) is 0 Å². The fraction of sp³-hybridized carbons (Fsp3) is 0.222. The summed E-state index contributed by atoms with van der Waals surface area (Å²) in [6.07, 6.45) is 1.08. The highest BCUT2D eigenvalue weighted by molar-refractivity contribution is 6.31. The van der Waals surface area contributed by atoms with Crippen LogP contribution < -0.4 is 0 Å². The summed E-state index contributed by atoms with van der Waals surface area (Å²) in [5.74, 6) is 0.153. The number of hydrogen-bond donors (Lipinski definition) is 1. The Hall–Kier alpha value is -1.20. The Morgan fingerprint density at radius 3 is 2.83 bits per heavy atom. The van der Waals surface area contributed by atoms with Crippen molar-refractivity contribution < 1.29 is 5.11 Å². The maximum atomic E-state index is 9.01. The van der Waals surface area contributed by atoms with Crippen molar-refractivity contribution in [2.45, 2.75) is 12.8 Å². The maximum Gasteiger partial charge on any atom is 0.117 e. The molecule has 0 spiro atoms. The van der Waals surface area contributed by atoms with Crippen LogP contribution in [0.1, 0.15) is 12.0 Å². The van der Waals surface area contributed by atoms with E-state index >= 15 is 0 Å². The van der Waals surface area contributed by atoms with E-state index in [0.29, 0.717) is 17.9 Å². The molecule has 0 saturated heterocycles. The first-order chi connectivity index (χ1) is 5.74. The van der Waals surface area contributed by atoms with Crippen LogP contribution in [0, 0.1) is 11.3 Å². The van der Waals surface area contributed by atoms with Crippen molar-refractivity contribution in [1.29, 1.82) is 5.26 Å². The van der Waals surface area contributed by atoms with Gasteiger partial charge in [-0.1, -0.05) is 17.7 Å². The monoisotopic (exact) mass is 181 g/mol. The van der Waals surface area contributed by atoms with Gasteiger partial charge in [-0.05, 0) is 24.1 Å². The van der Waals surface area contributed by atoms with Gasteiger partial charge in [-0.15, -0.1) is 0 Å². The second-order valence-corrected chi connectivity index (χ2v) is 2.84. The normalized spacial score (nSPS) is 9.33. The second-order valence-electron chi connectivity index (χ2n) is 2.43. The molecular formula is C9H8ClNO. The predicted molar refractivity (Wildman–Crippen MR) is 47.1 cm³/mol. The molecule has 0 amide bonds. The van der Waals surface area contributed by atoms with Crippen LogP contribution in [0.15, 0.2) is 18.2 Å². The van der Waals surface area contributed by atoms with Crippen molar-refractivity contribution in [3.05, 3.63) is 28.8 Å². The number of nitrogens with zero attached hydrogens (tertiary/aromatic N) is 1. The Labute approximate surface area is 76.0 Å². The summed E-state index contributed by atoms with van der Waals surface area (Å²) < 4.78 is 0. The molecule has 12 heavy (non-hydrogen) atoms. The Bertz CT molecular complexity index is 317. The van der Waals surface area contributed by atoms with Gasteiger partial charge in [0.1, 0.15) is 5.75 Å². The molecule has 3 heteroatoms. The average molecular weight is 182 g/mol. The lowest BCUT2D eigenvalue weighted by Gasteiger charge is -2.00. The van der Waals surface area contributed by atoms with Crippen molar-refractivity contribution in [2.24, 2.45) is 0 Å². The summed E-state index contributed by atoms with van der Waals surface area (Å²) in [5.41, 5.74) is 0.899. The minimum atomic E-state index is 0.153. The molecule has 0 aliphatic rings. The molecule has 0 bridgehead atoms. The molecule has 0 unspecified atom stereocenters. The topological polar surface area (TPSA) is 44.0 Å². The smallest absolute Gasteiger partial charge is 0.117 e. The average Bonchev–Trinajstić information content (AvgIpc) is 2.03. The summed E-state index contributed by atoms with van der Waals surface area (Å²) in [6, 6.07) is 6.82. The largest absolute Gasteiger partial charge is 0.508 e. The molecular weight excluding hydrogens is 174 g/mol. The lowest BCUT2D eigenvalue weighted by molar-refractivity contribution is 0.475.